The Morgan fingerprint density at radius 2 is 1.73 bits per heavy atom. The van der Waals surface area contributed by atoms with Crippen LogP contribution in [0.5, 0.6) is 5.75 Å². The number of halogens is 1. The number of nitrogens with one attached hydrogen (secondary N) is 2. The molecule has 2 N–H and O–H groups in total. The van der Waals surface area contributed by atoms with Crippen molar-refractivity contribution < 1.29 is 17.9 Å². The number of rotatable bonds is 10. The van der Waals surface area contributed by atoms with Gasteiger partial charge in [0.1, 0.15) is 5.75 Å². The molecule has 0 unspecified atom stereocenters. The number of ether oxygens (including phenoxy) is 1. The molecule has 3 aromatic carbocycles. The number of nitrogens with zero attached hydrogens (tertiary/aromatic N) is 1. The highest BCUT2D eigenvalue weighted by molar-refractivity contribution is 9.10. The zero-order valence-electron chi connectivity index (χ0n) is 20.9. The van der Waals surface area contributed by atoms with Gasteiger partial charge in [-0.25, -0.2) is 8.42 Å². The van der Waals surface area contributed by atoms with Gasteiger partial charge in [0.05, 0.1) is 21.7 Å². The molecule has 7 nitrogen and oxygen atoms in total. The molecule has 0 heterocycles. The lowest BCUT2D eigenvalue weighted by Gasteiger charge is -2.23. The van der Waals surface area contributed by atoms with E-state index < -0.39 is 10.0 Å². The normalized spacial score (nSPS) is 11.2. The Hall–Kier alpha value is -2.95. The van der Waals surface area contributed by atoms with E-state index in [0.29, 0.717) is 46.2 Å². The lowest BCUT2D eigenvalue weighted by molar-refractivity contribution is 0.0977. The third-order valence-electron chi connectivity index (χ3n) is 5.41. The third-order valence-corrected chi connectivity index (χ3v) is 8.15. The minimum atomic E-state index is -3.73. The number of sulfonamides is 1. The average molecular weight is 605 g/mol. The second kappa shape index (κ2) is 13.0. The number of hydrogen-bond acceptors (Lipinski definition) is 5. The zero-order valence-corrected chi connectivity index (χ0v) is 24.1. The van der Waals surface area contributed by atoms with Crippen LogP contribution < -0.4 is 19.7 Å². The molecule has 196 valence electrons. The summed E-state index contributed by atoms with van der Waals surface area (Å²) in [4.78, 5) is 12.8. The maximum absolute atomic E-state index is 13.1. The van der Waals surface area contributed by atoms with E-state index >= 15 is 0 Å². The Balaban J connectivity index is 1.61. The van der Waals surface area contributed by atoms with E-state index in [2.05, 4.69) is 40.4 Å². The largest absolute Gasteiger partial charge is 0.492 e. The Labute approximate surface area is 232 Å². The van der Waals surface area contributed by atoms with Crippen LogP contribution in [0.25, 0.3) is 0 Å². The van der Waals surface area contributed by atoms with E-state index in [9.17, 15) is 13.2 Å². The second-order valence-corrected chi connectivity index (χ2v) is 11.7. The predicted octanol–water partition coefficient (Wildman–Crippen LogP) is 6.22. The molecule has 10 heteroatoms. The molecule has 0 atom stereocenters. The van der Waals surface area contributed by atoms with Crippen molar-refractivity contribution in [3.8, 4) is 5.75 Å². The van der Waals surface area contributed by atoms with Crippen LogP contribution in [0.2, 0.25) is 0 Å². The molecule has 0 aromatic heterocycles. The summed E-state index contributed by atoms with van der Waals surface area (Å²) in [5.74, 6) is 0.827. The van der Waals surface area contributed by atoms with E-state index in [1.54, 1.807) is 61.5 Å². The first-order valence-corrected chi connectivity index (χ1v) is 14.5. The summed E-state index contributed by atoms with van der Waals surface area (Å²) < 4.78 is 34.1. The number of carbonyl (C=O) groups excluding carboxylic acids is 1. The van der Waals surface area contributed by atoms with E-state index in [1.807, 2.05) is 6.07 Å². The molecule has 0 fully saturated rings. The van der Waals surface area contributed by atoms with Crippen LogP contribution in [0.3, 0.4) is 0 Å². The van der Waals surface area contributed by atoms with E-state index in [4.69, 9.17) is 17.0 Å². The van der Waals surface area contributed by atoms with E-state index in [0.717, 1.165) is 6.42 Å². The van der Waals surface area contributed by atoms with Gasteiger partial charge in [0.25, 0.3) is 15.9 Å². The molecule has 37 heavy (non-hydrogen) atoms. The Morgan fingerprint density at radius 3 is 2.32 bits per heavy atom. The predicted molar refractivity (Wildman–Crippen MR) is 156 cm³/mol. The Morgan fingerprint density at radius 1 is 1.05 bits per heavy atom. The molecule has 0 aliphatic heterocycles. The van der Waals surface area contributed by atoms with Crippen molar-refractivity contribution in [3.63, 3.8) is 0 Å². The maximum Gasteiger partial charge on any atom is 0.264 e. The molecule has 1 amide bonds. The van der Waals surface area contributed by atoms with Crippen molar-refractivity contribution in [2.75, 3.05) is 22.8 Å². The van der Waals surface area contributed by atoms with Gasteiger partial charge in [-0.1, -0.05) is 32.0 Å². The number of thiocarbonyl (C=S) groups is 1. The summed E-state index contributed by atoms with van der Waals surface area (Å²) in [5.41, 5.74) is 1.55. The van der Waals surface area contributed by atoms with Gasteiger partial charge in [-0.3, -0.25) is 14.4 Å². The number of hydrogen-bond donors (Lipinski definition) is 2. The molecular formula is C27H30BrN3O4S2. The van der Waals surface area contributed by atoms with Gasteiger partial charge < -0.3 is 10.1 Å². The van der Waals surface area contributed by atoms with Crippen LogP contribution in [0.1, 0.15) is 37.6 Å². The van der Waals surface area contributed by atoms with E-state index in [-0.39, 0.29) is 15.9 Å². The summed E-state index contributed by atoms with van der Waals surface area (Å²) in [6.07, 6.45) is 0.936. The third kappa shape index (κ3) is 7.77. The summed E-state index contributed by atoms with van der Waals surface area (Å²) in [5, 5.41) is 5.64. The second-order valence-electron chi connectivity index (χ2n) is 8.61. The summed E-state index contributed by atoms with van der Waals surface area (Å²) in [6, 6.07) is 20.2. The standard InChI is InChI=1S/C27H30BrN3O4S2/c1-4-31(22-8-6-5-7-9-22)37(33,34)23-13-11-21(12-14-23)29-27(36)30-26(32)20-10-15-25(24(28)18-20)35-17-16-19(2)3/h5-15,18-19H,4,16-17H2,1-3H3,(H2,29,30,32,36). The molecule has 3 rings (SSSR count). The zero-order chi connectivity index (χ0) is 27.0. The van der Waals surface area contributed by atoms with Crippen LogP contribution >= 0.6 is 28.1 Å². The quantitative estimate of drug-likeness (QED) is 0.268. The molecule has 0 radical (unpaired) electrons. The molecule has 0 saturated carbocycles. The fraction of sp³-hybridized carbons (Fsp3) is 0.259. The summed E-state index contributed by atoms with van der Waals surface area (Å²) >= 11 is 8.73. The van der Waals surface area contributed by atoms with Gasteiger partial charge in [0.15, 0.2) is 5.11 Å². The van der Waals surface area contributed by atoms with Crippen molar-refractivity contribution in [1.82, 2.24) is 5.32 Å². The van der Waals surface area contributed by atoms with Crippen LogP contribution in [0.4, 0.5) is 11.4 Å². The van der Waals surface area contributed by atoms with Crippen LogP contribution in [0.15, 0.2) is 82.2 Å². The van der Waals surface area contributed by atoms with Gasteiger partial charge in [-0.2, -0.15) is 0 Å². The number of carbonyl (C=O) groups is 1. The van der Waals surface area contributed by atoms with Gasteiger partial charge >= 0.3 is 0 Å². The van der Waals surface area contributed by atoms with Crippen molar-refractivity contribution in [2.24, 2.45) is 5.92 Å². The highest BCUT2D eigenvalue weighted by Gasteiger charge is 2.23. The fourth-order valence-corrected chi connectivity index (χ4v) is 5.60. The maximum atomic E-state index is 13.1. The molecule has 0 aliphatic rings. The van der Waals surface area contributed by atoms with Crippen molar-refractivity contribution in [2.45, 2.75) is 32.1 Å². The van der Waals surface area contributed by atoms with Gasteiger partial charge in [-0.15, -0.1) is 0 Å². The first-order chi connectivity index (χ1) is 17.6. The van der Waals surface area contributed by atoms with Gasteiger partial charge in [-0.05, 0) is 102 Å². The van der Waals surface area contributed by atoms with Crippen LogP contribution in [0, 0.1) is 5.92 Å². The first-order valence-electron chi connectivity index (χ1n) is 11.8. The molecule has 0 bridgehead atoms. The van der Waals surface area contributed by atoms with Crippen molar-refractivity contribution >= 4 is 60.6 Å². The average Bonchev–Trinajstić information content (AvgIpc) is 2.86. The highest BCUT2D eigenvalue weighted by Crippen LogP contribution is 2.27. The molecule has 0 spiro atoms. The molecule has 0 aliphatic carbocycles. The number of benzene rings is 3. The fourth-order valence-electron chi connectivity index (χ4n) is 3.42. The van der Waals surface area contributed by atoms with E-state index in [1.165, 1.54) is 16.4 Å². The number of anilines is 2. The Bertz CT molecular complexity index is 1330. The van der Waals surface area contributed by atoms with Gasteiger partial charge in [0, 0.05) is 17.8 Å². The highest BCUT2D eigenvalue weighted by atomic mass is 79.9. The minimum Gasteiger partial charge on any atom is -0.492 e. The van der Waals surface area contributed by atoms with Crippen molar-refractivity contribution in [1.29, 1.82) is 0 Å². The molecule has 0 saturated heterocycles. The minimum absolute atomic E-state index is 0.0912. The summed E-state index contributed by atoms with van der Waals surface area (Å²) in [7, 11) is -3.73. The number of amides is 1. The first kappa shape index (κ1) is 28.6. The van der Waals surface area contributed by atoms with Crippen molar-refractivity contribution in [3.05, 3.63) is 82.8 Å². The smallest absolute Gasteiger partial charge is 0.264 e. The molecular weight excluding hydrogens is 574 g/mol. The monoisotopic (exact) mass is 603 g/mol. The molecule has 3 aromatic rings. The SMILES string of the molecule is CCN(c1ccccc1)S(=O)(=O)c1ccc(NC(=S)NC(=O)c2ccc(OCCC(C)C)c(Br)c2)cc1. The number of para-hydroxylation sites is 1. The van der Waals surface area contributed by atoms with Gasteiger partial charge in [0.2, 0.25) is 0 Å². The topological polar surface area (TPSA) is 87.7 Å². The lowest BCUT2D eigenvalue weighted by atomic mass is 10.1. The lowest BCUT2D eigenvalue weighted by Crippen LogP contribution is -2.34. The summed E-state index contributed by atoms with van der Waals surface area (Å²) in [6.45, 7) is 6.94. The Kier molecular flexibility index (Phi) is 10.1. The van der Waals surface area contributed by atoms with Crippen LogP contribution in [-0.2, 0) is 10.0 Å². The van der Waals surface area contributed by atoms with Crippen LogP contribution in [-0.4, -0.2) is 32.6 Å².